The van der Waals surface area contributed by atoms with Crippen molar-refractivity contribution in [1.82, 2.24) is 0 Å². The summed E-state index contributed by atoms with van der Waals surface area (Å²) >= 11 is 1.97. The third kappa shape index (κ3) is 3.36. The van der Waals surface area contributed by atoms with Crippen LogP contribution in [-0.2, 0) is 0 Å². The largest absolute Gasteiger partial charge is 0.394 e. The molecule has 5 nitrogen and oxygen atoms in total. The average molecular weight is 376 g/mol. The molecule has 104 valence electrons. The standard InChI is InChI=1S/C13H17IN2O3/c14-11-8-10(4-5-12(11)16(18)19)15-13(9-17)6-2-1-3-7-13/h4-5,8,15,17H,1-3,6-7,9H2. The topological polar surface area (TPSA) is 75.4 Å². The zero-order valence-electron chi connectivity index (χ0n) is 10.6. The fourth-order valence-corrected chi connectivity index (χ4v) is 3.30. The quantitative estimate of drug-likeness (QED) is 0.480. The van der Waals surface area contributed by atoms with Gasteiger partial charge in [0.2, 0.25) is 0 Å². The average Bonchev–Trinajstić information content (AvgIpc) is 2.39. The van der Waals surface area contributed by atoms with Crippen molar-refractivity contribution >= 4 is 34.0 Å². The Balaban J connectivity index is 2.18. The number of nitrogens with zero attached hydrogens (tertiary/aromatic N) is 1. The van der Waals surface area contributed by atoms with E-state index in [0.29, 0.717) is 3.57 Å². The van der Waals surface area contributed by atoms with E-state index in [1.54, 1.807) is 12.1 Å². The van der Waals surface area contributed by atoms with Gasteiger partial charge < -0.3 is 10.4 Å². The van der Waals surface area contributed by atoms with E-state index in [9.17, 15) is 15.2 Å². The third-order valence-corrected chi connectivity index (χ3v) is 4.53. The van der Waals surface area contributed by atoms with Crippen molar-refractivity contribution in [1.29, 1.82) is 0 Å². The van der Waals surface area contributed by atoms with Crippen molar-refractivity contribution in [3.05, 3.63) is 31.9 Å². The highest BCUT2D eigenvalue weighted by atomic mass is 127. The first-order chi connectivity index (χ1) is 9.06. The Morgan fingerprint density at radius 1 is 1.37 bits per heavy atom. The van der Waals surface area contributed by atoms with Gasteiger partial charge in [-0.1, -0.05) is 19.3 Å². The molecule has 2 rings (SSSR count). The molecule has 1 aromatic carbocycles. The second-order valence-corrected chi connectivity index (χ2v) is 6.21. The van der Waals surface area contributed by atoms with Gasteiger partial charge in [-0.2, -0.15) is 0 Å². The predicted molar refractivity (Wildman–Crippen MR) is 82.3 cm³/mol. The maximum Gasteiger partial charge on any atom is 0.282 e. The van der Waals surface area contributed by atoms with Crippen LogP contribution in [0.25, 0.3) is 0 Å². The van der Waals surface area contributed by atoms with Crippen LogP contribution in [0.2, 0.25) is 0 Å². The first kappa shape index (κ1) is 14.5. The molecule has 1 saturated carbocycles. The number of anilines is 1. The zero-order valence-corrected chi connectivity index (χ0v) is 12.7. The lowest BCUT2D eigenvalue weighted by molar-refractivity contribution is -0.385. The van der Waals surface area contributed by atoms with Gasteiger partial charge >= 0.3 is 0 Å². The van der Waals surface area contributed by atoms with Gasteiger partial charge in [0.25, 0.3) is 5.69 Å². The van der Waals surface area contributed by atoms with Crippen LogP contribution in [0.5, 0.6) is 0 Å². The van der Waals surface area contributed by atoms with Crippen LogP contribution in [0.4, 0.5) is 11.4 Å². The fraction of sp³-hybridized carbons (Fsp3) is 0.538. The molecule has 0 aliphatic heterocycles. The molecule has 2 N–H and O–H groups in total. The number of nitro benzene ring substituents is 1. The maximum absolute atomic E-state index is 10.8. The van der Waals surface area contributed by atoms with Gasteiger partial charge in [-0.15, -0.1) is 0 Å². The smallest absolute Gasteiger partial charge is 0.282 e. The minimum Gasteiger partial charge on any atom is -0.394 e. The van der Waals surface area contributed by atoms with E-state index < -0.39 is 0 Å². The lowest BCUT2D eigenvalue weighted by Crippen LogP contribution is -2.43. The Morgan fingerprint density at radius 3 is 2.58 bits per heavy atom. The molecule has 0 radical (unpaired) electrons. The molecule has 1 aliphatic carbocycles. The van der Waals surface area contributed by atoms with Gasteiger partial charge in [-0.25, -0.2) is 0 Å². The van der Waals surface area contributed by atoms with Crippen molar-refractivity contribution < 1.29 is 10.0 Å². The molecule has 0 aromatic heterocycles. The van der Waals surface area contributed by atoms with E-state index in [-0.39, 0.29) is 22.8 Å². The van der Waals surface area contributed by atoms with Crippen LogP contribution < -0.4 is 5.32 Å². The van der Waals surface area contributed by atoms with E-state index in [1.807, 2.05) is 22.6 Å². The molecular weight excluding hydrogens is 359 g/mol. The summed E-state index contributed by atoms with van der Waals surface area (Å²) in [6, 6.07) is 5.00. The van der Waals surface area contributed by atoms with Gasteiger partial charge in [-0.05, 0) is 47.6 Å². The van der Waals surface area contributed by atoms with Crippen molar-refractivity contribution in [2.24, 2.45) is 0 Å². The van der Waals surface area contributed by atoms with Gasteiger partial charge in [-0.3, -0.25) is 10.1 Å². The Bertz CT molecular complexity index is 473. The Morgan fingerprint density at radius 2 is 2.05 bits per heavy atom. The second kappa shape index (κ2) is 6.04. The summed E-state index contributed by atoms with van der Waals surface area (Å²) in [5.74, 6) is 0. The highest BCUT2D eigenvalue weighted by molar-refractivity contribution is 14.1. The number of halogens is 1. The molecule has 1 aliphatic rings. The number of nitrogens with one attached hydrogen (secondary N) is 1. The normalized spacial score (nSPS) is 18.0. The van der Waals surface area contributed by atoms with Crippen LogP contribution in [0.3, 0.4) is 0 Å². The van der Waals surface area contributed by atoms with Gasteiger partial charge in [0.05, 0.1) is 20.6 Å². The van der Waals surface area contributed by atoms with Crippen molar-refractivity contribution in [3.8, 4) is 0 Å². The molecule has 1 fully saturated rings. The first-order valence-electron chi connectivity index (χ1n) is 6.39. The van der Waals surface area contributed by atoms with Crippen LogP contribution >= 0.6 is 22.6 Å². The highest BCUT2D eigenvalue weighted by Gasteiger charge is 2.31. The molecule has 0 saturated heterocycles. The Labute approximate surface area is 125 Å². The minimum atomic E-state index is -0.381. The van der Waals surface area contributed by atoms with Gasteiger partial charge in [0.1, 0.15) is 0 Å². The van der Waals surface area contributed by atoms with Crippen molar-refractivity contribution in [2.75, 3.05) is 11.9 Å². The highest BCUT2D eigenvalue weighted by Crippen LogP contribution is 2.33. The molecule has 1 aromatic rings. The summed E-state index contributed by atoms with van der Waals surface area (Å²) in [4.78, 5) is 10.4. The lowest BCUT2D eigenvalue weighted by Gasteiger charge is -2.37. The number of aliphatic hydroxyl groups is 1. The number of hydrogen-bond acceptors (Lipinski definition) is 4. The molecule has 6 heteroatoms. The Kier molecular flexibility index (Phi) is 4.62. The SMILES string of the molecule is O=[N+]([O-])c1ccc(NC2(CO)CCCCC2)cc1I. The molecule has 0 bridgehead atoms. The summed E-state index contributed by atoms with van der Waals surface area (Å²) in [6.45, 7) is 0.0978. The van der Waals surface area contributed by atoms with Crippen LogP contribution in [0.1, 0.15) is 32.1 Å². The Hall–Kier alpha value is -0.890. The summed E-state index contributed by atoms with van der Waals surface area (Å²) in [5.41, 5.74) is 0.691. The van der Waals surface area contributed by atoms with Gasteiger partial charge in [0, 0.05) is 11.8 Å². The molecule has 19 heavy (non-hydrogen) atoms. The number of hydrogen-bond donors (Lipinski definition) is 2. The first-order valence-corrected chi connectivity index (χ1v) is 7.47. The van der Waals surface area contributed by atoms with Crippen LogP contribution in [0, 0.1) is 13.7 Å². The monoisotopic (exact) mass is 376 g/mol. The summed E-state index contributed by atoms with van der Waals surface area (Å²) in [7, 11) is 0. The van der Waals surface area contributed by atoms with Crippen molar-refractivity contribution in [2.45, 2.75) is 37.6 Å². The number of benzene rings is 1. The number of rotatable bonds is 4. The molecule has 0 atom stereocenters. The number of nitro groups is 1. The summed E-state index contributed by atoms with van der Waals surface area (Å²) < 4.78 is 0.608. The van der Waals surface area contributed by atoms with Crippen molar-refractivity contribution in [3.63, 3.8) is 0 Å². The molecule has 0 amide bonds. The lowest BCUT2D eigenvalue weighted by atomic mass is 9.82. The molecule has 0 spiro atoms. The van der Waals surface area contributed by atoms with E-state index >= 15 is 0 Å². The maximum atomic E-state index is 10.8. The molecule has 0 unspecified atom stereocenters. The van der Waals surface area contributed by atoms with E-state index in [2.05, 4.69) is 5.32 Å². The second-order valence-electron chi connectivity index (χ2n) is 5.05. The molecular formula is C13H17IN2O3. The minimum absolute atomic E-state index is 0.0978. The molecule has 0 heterocycles. The summed E-state index contributed by atoms with van der Waals surface area (Å²) in [5, 5.41) is 23.8. The van der Waals surface area contributed by atoms with Crippen LogP contribution in [0.15, 0.2) is 18.2 Å². The fourth-order valence-electron chi connectivity index (χ4n) is 2.59. The van der Waals surface area contributed by atoms with Gasteiger partial charge in [0.15, 0.2) is 0 Å². The van der Waals surface area contributed by atoms with E-state index in [1.165, 1.54) is 12.5 Å². The van der Waals surface area contributed by atoms with E-state index in [0.717, 1.165) is 31.4 Å². The third-order valence-electron chi connectivity index (χ3n) is 3.67. The van der Waals surface area contributed by atoms with Crippen LogP contribution in [-0.4, -0.2) is 22.2 Å². The summed E-state index contributed by atoms with van der Waals surface area (Å²) in [6.07, 6.45) is 5.31. The zero-order chi connectivity index (χ0) is 13.9. The number of aliphatic hydroxyl groups excluding tert-OH is 1. The predicted octanol–water partition coefficient (Wildman–Crippen LogP) is 3.31. The van der Waals surface area contributed by atoms with E-state index in [4.69, 9.17) is 0 Å².